The average Bonchev–Trinajstić information content (AvgIpc) is 2.56. The fourth-order valence-electron chi connectivity index (χ4n) is 0.235. The van der Waals surface area contributed by atoms with Gasteiger partial charge in [0.25, 0.3) is 5.97 Å². The molecule has 0 aromatic carbocycles. The van der Waals surface area contributed by atoms with E-state index in [9.17, 15) is 9.59 Å². The van der Waals surface area contributed by atoms with Crippen molar-refractivity contribution in [3.05, 3.63) is 25.3 Å². The highest BCUT2D eigenvalue weighted by atomic mass is 32.1. The van der Waals surface area contributed by atoms with Gasteiger partial charge in [-0.25, -0.2) is 0 Å². The van der Waals surface area contributed by atoms with Crippen molar-refractivity contribution < 1.29 is 44.7 Å². The van der Waals surface area contributed by atoms with Crippen molar-refractivity contribution in [2.75, 3.05) is 37.9 Å². The molecule has 0 rings (SSSR count). The van der Waals surface area contributed by atoms with Gasteiger partial charge in [0, 0.05) is 6.92 Å². The van der Waals surface area contributed by atoms with Gasteiger partial charge >= 0.3 is 11.9 Å². The van der Waals surface area contributed by atoms with E-state index < -0.39 is 17.9 Å². The maximum absolute atomic E-state index is 9.29. The van der Waals surface area contributed by atoms with Crippen LogP contribution < -0.4 is 0 Å². The van der Waals surface area contributed by atoms with Crippen molar-refractivity contribution in [1.29, 1.82) is 0 Å². The fourth-order valence-corrected chi connectivity index (χ4v) is 0.235. The van der Waals surface area contributed by atoms with E-state index in [0.29, 0.717) is 13.2 Å². The molecule has 0 fully saturated rings. The molecule has 0 aliphatic heterocycles. The molecular formula is C14H28O9S2. The molecule has 0 unspecified atom stereocenters. The molecule has 0 aromatic rings. The highest BCUT2D eigenvalue weighted by molar-refractivity contribution is 7.81. The highest BCUT2D eigenvalue weighted by Gasteiger charge is 1.82. The van der Waals surface area contributed by atoms with Gasteiger partial charge in [0.1, 0.15) is 0 Å². The molecule has 0 spiro atoms. The van der Waals surface area contributed by atoms with Crippen molar-refractivity contribution in [2.24, 2.45) is 0 Å². The zero-order valence-corrected chi connectivity index (χ0v) is 15.9. The quantitative estimate of drug-likeness (QED) is 0.181. The van der Waals surface area contributed by atoms with E-state index in [1.165, 1.54) is 0 Å². The SMILES string of the molecule is C=CCOCC=C.CC(=O)O.O=C(O)CS.O=C(O)CS.OCCO. The van der Waals surface area contributed by atoms with Crippen LogP contribution in [0.3, 0.4) is 0 Å². The lowest BCUT2D eigenvalue weighted by atomic mass is 10.6. The van der Waals surface area contributed by atoms with Gasteiger partial charge in [-0.2, -0.15) is 25.3 Å². The summed E-state index contributed by atoms with van der Waals surface area (Å²) in [4.78, 5) is 27.6. The summed E-state index contributed by atoms with van der Waals surface area (Å²) in [6.07, 6.45) is 3.42. The lowest BCUT2D eigenvalue weighted by Gasteiger charge is -1.89. The van der Waals surface area contributed by atoms with Gasteiger partial charge in [-0.3, -0.25) is 14.4 Å². The maximum atomic E-state index is 9.29. The Bertz CT molecular complexity index is 295. The summed E-state index contributed by atoms with van der Waals surface area (Å²) >= 11 is 6.83. The first kappa shape index (κ1) is 34.7. The number of carbonyl (C=O) groups is 3. The van der Waals surface area contributed by atoms with Crippen LogP contribution in [-0.2, 0) is 19.1 Å². The minimum absolute atomic E-state index is 0.0833. The first-order chi connectivity index (χ1) is 11.6. The van der Waals surface area contributed by atoms with E-state index >= 15 is 0 Å². The third-order valence-electron chi connectivity index (χ3n) is 0.842. The van der Waals surface area contributed by atoms with E-state index in [2.05, 4.69) is 38.4 Å². The molecule has 0 amide bonds. The number of rotatable bonds is 7. The Morgan fingerprint density at radius 2 is 1.08 bits per heavy atom. The molecular weight excluding hydrogens is 376 g/mol. The Labute approximate surface area is 158 Å². The maximum Gasteiger partial charge on any atom is 0.313 e. The Morgan fingerprint density at radius 3 is 1.16 bits per heavy atom. The summed E-state index contributed by atoms with van der Waals surface area (Å²) in [7, 11) is 0. The van der Waals surface area contributed by atoms with Gasteiger partial charge in [0.2, 0.25) is 0 Å². The highest BCUT2D eigenvalue weighted by Crippen LogP contribution is 1.72. The molecule has 0 saturated heterocycles. The van der Waals surface area contributed by atoms with Crippen LogP contribution in [0.15, 0.2) is 25.3 Å². The van der Waals surface area contributed by atoms with Crippen LogP contribution in [0, 0.1) is 0 Å². The molecule has 0 aliphatic rings. The monoisotopic (exact) mass is 404 g/mol. The van der Waals surface area contributed by atoms with Gasteiger partial charge in [0.05, 0.1) is 37.9 Å². The normalized spacial score (nSPS) is 7.40. The Kier molecular flexibility index (Phi) is 53.1. The lowest BCUT2D eigenvalue weighted by molar-refractivity contribution is -0.135. The van der Waals surface area contributed by atoms with E-state index in [1.54, 1.807) is 12.2 Å². The first-order valence-corrected chi connectivity index (χ1v) is 7.73. The van der Waals surface area contributed by atoms with E-state index in [1.807, 2.05) is 0 Å². The second-order valence-corrected chi connectivity index (χ2v) is 3.82. The van der Waals surface area contributed by atoms with Crippen LogP contribution in [-0.4, -0.2) is 81.4 Å². The van der Waals surface area contributed by atoms with Crippen LogP contribution in [0.5, 0.6) is 0 Å². The van der Waals surface area contributed by atoms with Gasteiger partial charge in [0.15, 0.2) is 0 Å². The number of hydrogen-bond donors (Lipinski definition) is 7. The van der Waals surface area contributed by atoms with Crippen LogP contribution in [0.25, 0.3) is 0 Å². The Hall–Kier alpha value is -1.53. The van der Waals surface area contributed by atoms with E-state index in [0.717, 1.165) is 6.92 Å². The summed E-state index contributed by atoms with van der Waals surface area (Å²) in [5.41, 5.74) is 0. The van der Waals surface area contributed by atoms with E-state index in [-0.39, 0.29) is 24.7 Å². The predicted molar refractivity (Wildman–Crippen MR) is 102 cm³/mol. The molecule has 0 atom stereocenters. The topological polar surface area (TPSA) is 162 Å². The number of aliphatic carboxylic acids is 3. The van der Waals surface area contributed by atoms with Gasteiger partial charge in [-0.15, -0.1) is 13.2 Å². The predicted octanol–water partition coefficient (Wildman–Crippen LogP) is 0.438. The van der Waals surface area contributed by atoms with Crippen molar-refractivity contribution in [3.8, 4) is 0 Å². The third-order valence-corrected chi connectivity index (χ3v) is 1.38. The molecule has 0 aliphatic carbocycles. The Morgan fingerprint density at radius 1 is 0.880 bits per heavy atom. The standard InChI is InChI=1S/C6H10O.2C2H4O2S.C2H4O2.C2H6O2/c1-3-5-7-6-4-2;2*3-2(4)1-5;1-2(3)4;3-1-2-4/h3-4H,1-2,5-6H2;2*5H,1H2,(H,3,4);1H3,(H,3,4);3-4H,1-2H2. The second-order valence-electron chi connectivity index (χ2n) is 3.18. The zero-order valence-electron chi connectivity index (χ0n) is 14.1. The van der Waals surface area contributed by atoms with Gasteiger partial charge in [-0.1, -0.05) is 12.2 Å². The largest absolute Gasteiger partial charge is 0.481 e. The number of aliphatic hydroxyl groups excluding tert-OH is 2. The second kappa shape index (κ2) is 38.2. The van der Waals surface area contributed by atoms with Crippen LogP contribution in [0.2, 0.25) is 0 Å². The van der Waals surface area contributed by atoms with Crippen LogP contribution in [0.4, 0.5) is 0 Å². The number of thiol groups is 2. The minimum atomic E-state index is -0.881. The first-order valence-electron chi connectivity index (χ1n) is 6.47. The number of carboxylic acid groups (broad SMARTS) is 3. The van der Waals surface area contributed by atoms with Crippen molar-refractivity contribution in [3.63, 3.8) is 0 Å². The summed E-state index contributed by atoms with van der Waals surface area (Å²) in [5, 5.41) is 38.0. The third kappa shape index (κ3) is 169. The fraction of sp³-hybridized carbons (Fsp3) is 0.500. The summed E-state index contributed by atoms with van der Waals surface area (Å²) in [5.74, 6) is -2.76. The Balaban J connectivity index is -0.0000000679. The molecule has 0 radical (unpaired) electrons. The molecule has 5 N–H and O–H groups in total. The van der Waals surface area contributed by atoms with Gasteiger partial charge in [-0.05, 0) is 0 Å². The molecule has 0 saturated carbocycles. The molecule has 25 heavy (non-hydrogen) atoms. The summed E-state index contributed by atoms with van der Waals surface area (Å²) in [6, 6.07) is 0. The molecule has 11 heteroatoms. The minimum Gasteiger partial charge on any atom is -0.481 e. The van der Waals surface area contributed by atoms with Gasteiger partial charge < -0.3 is 30.3 Å². The smallest absolute Gasteiger partial charge is 0.313 e. The number of hydrogen-bond acceptors (Lipinski definition) is 8. The molecule has 0 bridgehead atoms. The van der Waals surface area contributed by atoms with E-state index in [4.69, 9.17) is 35.1 Å². The average molecular weight is 405 g/mol. The number of carboxylic acids is 3. The summed E-state index contributed by atoms with van der Waals surface area (Å²) in [6.45, 7) is 9.01. The number of aliphatic hydroxyl groups is 2. The molecule has 0 heterocycles. The lowest BCUT2D eigenvalue weighted by Crippen LogP contribution is -1.92. The van der Waals surface area contributed by atoms with Crippen LogP contribution >= 0.6 is 25.3 Å². The molecule has 150 valence electrons. The van der Waals surface area contributed by atoms with Crippen LogP contribution in [0.1, 0.15) is 6.92 Å². The van der Waals surface area contributed by atoms with Crippen molar-refractivity contribution >= 4 is 43.2 Å². The number of ether oxygens (including phenoxy) is 1. The van der Waals surface area contributed by atoms with Crippen molar-refractivity contribution in [2.45, 2.75) is 6.92 Å². The summed E-state index contributed by atoms with van der Waals surface area (Å²) < 4.78 is 4.90. The zero-order chi connectivity index (χ0) is 21.1. The molecule has 0 aromatic heterocycles. The van der Waals surface area contributed by atoms with Crippen molar-refractivity contribution in [1.82, 2.24) is 0 Å². The molecule has 9 nitrogen and oxygen atoms in total.